The molecule has 1 fully saturated rings. The summed E-state index contributed by atoms with van der Waals surface area (Å²) in [6, 6.07) is 0.530. The molecule has 17 heavy (non-hydrogen) atoms. The first kappa shape index (κ1) is 15.2. The molecule has 1 saturated heterocycles. The summed E-state index contributed by atoms with van der Waals surface area (Å²) in [5.41, 5.74) is 0. The standard InChI is InChI=1S/C11H19BrF3NO/c12-5-1-3-10-4-2-6-16(10)7-8-17-9-11(13,14)15/h10H,1-9H2. The van der Waals surface area contributed by atoms with Crippen LogP contribution in [0.15, 0.2) is 0 Å². The zero-order chi connectivity index (χ0) is 12.7. The molecule has 0 spiro atoms. The molecule has 102 valence electrons. The van der Waals surface area contributed by atoms with Crippen molar-refractivity contribution in [3.8, 4) is 0 Å². The molecule has 0 aromatic carbocycles. The van der Waals surface area contributed by atoms with Gasteiger partial charge in [0.25, 0.3) is 0 Å². The predicted octanol–water partition coefficient (Wildman–Crippen LogP) is 3.20. The number of likely N-dealkylation sites (tertiary alicyclic amines) is 1. The Bertz CT molecular complexity index is 213. The molecule has 1 heterocycles. The van der Waals surface area contributed by atoms with Crippen molar-refractivity contribution in [2.75, 3.05) is 31.6 Å². The number of alkyl halides is 4. The normalized spacial score (nSPS) is 22.2. The second-order valence-corrected chi connectivity index (χ2v) is 5.12. The van der Waals surface area contributed by atoms with E-state index in [0.717, 1.165) is 37.6 Å². The zero-order valence-electron chi connectivity index (χ0n) is 9.81. The number of halogens is 4. The lowest BCUT2D eigenvalue weighted by atomic mass is 10.1. The Balaban J connectivity index is 2.13. The first-order chi connectivity index (χ1) is 8.03. The van der Waals surface area contributed by atoms with Crippen LogP contribution in [0.1, 0.15) is 25.7 Å². The molecule has 1 rings (SSSR count). The highest BCUT2D eigenvalue weighted by atomic mass is 79.9. The number of hydrogen-bond donors (Lipinski definition) is 0. The van der Waals surface area contributed by atoms with Gasteiger partial charge in [0, 0.05) is 17.9 Å². The van der Waals surface area contributed by atoms with Gasteiger partial charge in [-0.3, -0.25) is 4.90 Å². The predicted molar refractivity (Wildman–Crippen MR) is 64.5 cm³/mol. The molecule has 0 saturated carbocycles. The molecule has 1 unspecified atom stereocenters. The Morgan fingerprint density at radius 3 is 2.76 bits per heavy atom. The van der Waals surface area contributed by atoms with Crippen molar-refractivity contribution in [2.45, 2.75) is 37.9 Å². The molecular formula is C11H19BrF3NO. The van der Waals surface area contributed by atoms with Gasteiger partial charge in [-0.2, -0.15) is 13.2 Å². The van der Waals surface area contributed by atoms with Crippen molar-refractivity contribution < 1.29 is 17.9 Å². The monoisotopic (exact) mass is 317 g/mol. The quantitative estimate of drug-likeness (QED) is 0.528. The highest BCUT2D eigenvalue weighted by molar-refractivity contribution is 9.09. The Labute approximate surface area is 109 Å². The van der Waals surface area contributed by atoms with E-state index in [1.807, 2.05) is 0 Å². The Morgan fingerprint density at radius 2 is 2.12 bits per heavy atom. The smallest absolute Gasteiger partial charge is 0.371 e. The van der Waals surface area contributed by atoms with Gasteiger partial charge in [-0.1, -0.05) is 15.9 Å². The highest BCUT2D eigenvalue weighted by Gasteiger charge is 2.28. The summed E-state index contributed by atoms with van der Waals surface area (Å²) in [4.78, 5) is 2.25. The minimum Gasteiger partial charge on any atom is -0.371 e. The Hall–Kier alpha value is 0.190. The SMILES string of the molecule is FC(F)(F)COCCN1CCCC1CCCBr. The van der Waals surface area contributed by atoms with Crippen LogP contribution in [0.3, 0.4) is 0 Å². The lowest BCUT2D eigenvalue weighted by Gasteiger charge is -2.24. The van der Waals surface area contributed by atoms with Gasteiger partial charge in [-0.15, -0.1) is 0 Å². The fraction of sp³-hybridized carbons (Fsp3) is 1.00. The molecule has 2 nitrogen and oxygen atoms in total. The first-order valence-corrected chi connectivity index (χ1v) is 7.09. The second kappa shape index (κ2) is 7.59. The van der Waals surface area contributed by atoms with Crippen LogP contribution in [0, 0.1) is 0 Å². The van der Waals surface area contributed by atoms with Crippen LogP contribution < -0.4 is 0 Å². The van der Waals surface area contributed by atoms with E-state index in [4.69, 9.17) is 0 Å². The van der Waals surface area contributed by atoms with Gasteiger partial charge in [0.1, 0.15) is 6.61 Å². The van der Waals surface area contributed by atoms with Crippen LogP contribution in [0.2, 0.25) is 0 Å². The van der Waals surface area contributed by atoms with Gasteiger partial charge < -0.3 is 4.74 Å². The summed E-state index contributed by atoms with van der Waals surface area (Å²) in [5, 5.41) is 0.988. The van der Waals surface area contributed by atoms with Crippen LogP contribution in [0.5, 0.6) is 0 Å². The molecule has 0 N–H and O–H groups in total. The number of rotatable bonds is 7. The lowest BCUT2D eigenvalue weighted by Crippen LogP contribution is -2.33. The molecule has 6 heteroatoms. The molecule has 1 aliphatic rings. The minimum atomic E-state index is -4.21. The van der Waals surface area contributed by atoms with Crippen LogP contribution in [0.25, 0.3) is 0 Å². The Morgan fingerprint density at radius 1 is 1.35 bits per heavy atom. The molecule has 1 atom stereocenters. The summed E-state index contributed by atoms with van der Waals surface area (Å²) >= 11 is 3.39. The van der Waals surface area contributed by atoms with Gasteiger partial charge in [-0.05, 0) is 32.2 Å². The first-order valence-electron chi connectivity index (χ1n) is 5.97. The molecule has 0 amide bonds. The van der Waals surface area contributed by atoms with Crippen LogP contribution in [0.4, 0.5) is 13.2 Å². The number of nitrogens with zero attached hydrogens (tertiary/aromatic N) is 1. The molecule has 0 aromatic heterocycles. The summed E-state index contributed by atoms with van der Waals surface area (Å²) in [6.45, 7) is 0.641. The Kier molecular flexibility index (Phi) is 6.80. The zero-order valence-corrected chi connectivity index (χ0v) is 11.4. The third-order valence-electron chi connectivity index (χ3n) is 2.96. The van der Waals surface area contributed by atoms with E-state index in [2.05, 4.69) is 25.6 Å². The molecule has 1 aliphatic heterocycles. The lowest BCUT2D eigenvalue weighted by molar-refractivity contribution is -0.174. The van der Waals surface area contributed by atoms with Gasteiger partial charge in [-0.25, -0.2) is 0 Å². The fourth-order valence-electron chi connectivity index (χ4n) is 2.20. The third-order valence-corrected chi connectivity index (χ3v) is 3.52. The maximum Gasteiger partial charge on any atom is 0.411 e. The van der Waals surface area contributed by atoms with Gasteiger partial charge in [0.2, 0.25) is 0 Å². The third kappa shape index (κ3) is 6.62. The van der Waals surface area contributed by atoms with E-state index < -0.39 is 12.8 Å². The largest absolute Gasteiger partial charge is 0.411 e. The van der Waals surface area contributed by atoms with Crippen LogP contribution >= 0.6 is 15.9 Å². The van der Waals surface area contributed by atoms with E-state index >= 15 is 0 Å². The van der Waals surface area contributed by atoms with E-state index in [0.29, 0.717) is 12.6 Å². The van der Waals surface area contributed by atoms with Crippen molar-refractivity contribution in [1.82, 2.24) is 4.90 Å². The average Bonchev–Trinajstić information content (AvgIpc) is 2.67. The number of ether oxygens (including phenoxy) is 1. The molecule has 0 radical (unpaired) electrons. The molecular weight excluding hydrogens is 299 g/mol. The summed E-state index contributed by atoms with van der Waals surface area (Å²) < 4.78 is 40.2. The highest BCUT2D eigenvalue weighted by Crippen LogP contribution is 2.21. The van der Waals surface area contributed by atoms with Crippen molar-refractivity contribution in [1.29, 1.82) is 0 Å². The molecule has 0 aliphatic carbocycles. The van der Waals surface area contributed by atoms with Crippen LogP contribution in [-0.4, -0.2) is 48.8 Å². The summed E-state index contributed by atoms with van der Waals surface area (Å²) in [5.74, 6) is 0. The molecule has 0 bridgehead atoms. The topological polar surface area (TPSA) is 12.5 Å². The fourth-order valence-corrected chi connectivity index (χ4v) is 2.52. The van der Waals surface area contributed by atoms with Gasteiger partial charge in [0.15, 0.2) is 0 Å². The van der Waals surface area contributed by atoms with Crippen molar-refractivity contribution in [3.63, 3.8) is 0 Å². The second-order valence-electron chi connectivity index (χ2n) is 4.33. The van der Waals surface area contributed by atoms with Gasteiger partial charge in [0.05, 0.1) is 6.61 Å². The number of hydrogen-bond acceptors (Lipinski definition) is 2. The van der Waals surface area contributed by atoms with E-state index in [1.165, 1.54) is 0 Å². The van der Waals surface area contributed by atoms with Crippen molar-refractivity contribution in [3.05, 3.63) is 0 Å². The van der Waals surface area contributed by atoms with Crippen molar-refractivity contribution in [2.24, 2.45) is 0 Å². The summed E-state index contributed by atoms with van der Waals surface area (Å²) in [6.07, 6.45) is 0.327. The molecule has 0 aromatic rings. The summed E-state index contributed by atoms with van der Waals surface area (Å²) in [7, 11) is 0. The van der Waals surface area contributed by atoms with Crippen molar-refractivity contribution >= 4 is 15.9 Å². The van der Waals surface area contributed by atoms with Gasteiger partial charge >= 0.3 is 6.18 Å². The van der Waals surface area contributed by atoms with Crippen LogP contribution in [-0.2, 0) is 4.74 Å². The van der Waals surface area contributed by atoms with E-state index in [-0.39, 0.29) is 6.61 Å². The maximum absolute atomic E-state index is 11.9. The van der Waals surface area contributed by atoms with E-state index in [9.17, 15) is 13.2 Å². The van der Waals surface area contributed by atoms with E-state index in [1.54, 1.807) is 0 Å². The average molecular weight is 318 g/mol. The minimum absolute atomic E-state index is 0.171. The maximum atomic E-state index is 11.9.